The minimum absolute atomic E-state index is 0.0404. The number of hydrogen-bond donors (Lipinski definition) is 1. The number of methoxy groups -OCH3 is 1. The quantitative estimate of drug-likeness (QED) is 0.671. The van der Waals surface area contributed by atoms with E-state index in [1.54, 1.807) is 6.07 Å². The van der Waals surface area contributed by atoms with E-state index >= 15 is 0 Å². The van der Waals surface area contributed by atoms with Crippen LogP contribution in [0.5, 0.6) is 0 Å². The lowest BCUT2D eigenvalue weighted by molar-refractivity contribution is -0.271. The summed E-state index contributed by atoms with van der Waals surface area (Å²) in [6.45, 7) is 6.54. The molecule has 0 saturated carbocycles. The maximum Gasteiger partial charge on any atom is 0.430 e. The molecule has 34 heavy (non-hydrogen) atoms. The van der Waals surface area contributed by atoms with Gasteiger partial charge in [0.25, 0.3) is 11.5 Å². The molecule has 2 aromatic carbocycles. The van der Waals surface area contributed by atoms with E-state index in [0.717, 1.165) is 26.6 Å². The third-order valence-electron chi connectivity index (χ3n) is 8.14. The molecule has 7 heteroatoms. The van der Waals surface area contributed by atoms with Gasteiger partial charge in [0.05, 0.1) is 0 Å². The number of aryl methyl sites for hydroxylation is 1. The van der Waals surface area contributed by atoms with E-state index in [-0.39, 0.29) is 30.0 Å². The fraction of sp³-hybridized carbons (Fsp3) is 0.519. The number of nitrogens with one attached hydrogen (secondary N) is 1. The molecule has 4 nitrogen and oxygen atoms in total. The second kappa shape index (κ2) is 9.34. The number of likely N-dealkylation sites (tertiary alicyclic amines) is 1. The minimum atomic E-state index is -4.88. The van der Waals surface area contributed by atoms with Crippen LogP contribution in [0.15, 0.2) is 48.5 Å². The molecule has 0 radical (unpaired) electrons. The molecule has 1 amide bonds. The highest BCUT2D eigenvalue weighted by atomic mass is 19.4. The van der Waals surface area contributed by atoms with Gasteiger partial charge in [0.15, 0.2) is 0 Å². The van der Waals surface area contributed by atoms with Crippen molar-refractivity contribution in [3.05, 3.63) is 70.8 Å². The van der Waals surface area contributed by atoms with E-state index in [1.807, 2.05) is 0 Å². The molecule has 1 unspecified atom stereocenters. The van der Waals surface area contributed by atoms with Crippen LogP contribution in [-0.2, 0) is 15.1 Å². The molecule has 0 bridgehead atoms. The van der Waals surface area contributed by atoms with Crippen LogP contribution in [0.4, 0.5) is 13.2 Å². The smallest absolute Gasteiger partial charge is 0.356 e. The zero-order valence-electron chi connectivity index (χ0n) is 20.0. The van der Waals surface area contributed by atoms with Crippen LogP contribution < -0.4 is 5.32 Å². The van der Waals surface area contributed by atoms with Gasteiger partial charge in [0.2, 0.25) is 0 Å². The summed E-state index contributed by atoms with van der Waals surface area (Å²) in [6.07, 6.45) is -2.60. The number of piperidine rings is 2. The molecule has 2 aliphatic heterocycles. The summed E-state index contributed by atoms with van der Waals surface area (Å²) in [6, 6.07) is 13.6. The summed E-state index contributed by atoms with van der Waals surface area (Å²) < 4.78 is 48.2. The van der Waals surface area contributed by atoms with Crippen LogP contribution in [0.1, 0.15) is 47.4 Å². The Morgan fingerprint density at radius 2 is 1.71 bits per heavy atom. The average Bonchev–Trinajstić information content (AvgIpc) is 2.82. The summed E-state index contributed by atoms with van der Waals surface area (Å²) in [5.74, 6) is -0.761. The van der Waals surface area contributed by atoms with Gasteiger partial charge in [-0.2, -0.15) is 13.2 Å². The molecule has 0 aliphatic carbocycles. The lowest BCUT2D eigenvalue weighted by Gasteiger charge is -2.51. The lowest BCUT2D eigenvalue weighted by atomic mass is 9.62. The van der Waals surface area contributed by atoms with Gasteiger partial charge in [-0.15, -0.1) is 0 Å². The number of nitrogens with zero attached hydrogens (tertiary/aromatic N) is 1. The monoisotopic (exact) mass is 474 g/mol. The molecule has 0 aromatic heterocycles. The average molecular weight is 475 g/mol. The molecule has 2 aliphatic rings. The van der Waals surface area contributed by atoms with Crippen molar-refractivity contribution < 1.29 is 22.7 Å². The first kappa shape index (κ1) is 24.7. The molecule has 1 spiro atoms. The van der Waals surface area contributed by atoms with Gasteiger partial charge in [-0.3, -0.25) is 4.79 Å². The van der Waals surface area contributed by atoms with Crippen molar-refractivity contribution in [1.29, 1.82) is 0 Å². The molecule has 2 aromatic rings. The molecule has 2 atom stereocenters. The molecule has 1 N–H and O–H groups in total. The van der Waals surface area contributed by atoms with E-state index in [9.17, 15) is 18.0 Å². The normalized spacial score (nSPS) is 22.4. The molecule has 4 rings (SSSR count). The second-order valence-electron chi connectivity index (χ2n) is 9.70. The van der Waals surface area contributed by atoms with Crippen molar-refractivity contribution in [2.24, 2.45) is 5.41 Å². The van der Waals surface area contributed by atoms with Crippen LogP contribution in [0.2, 0.25) is 0 Å². The third-order valence-corrected chi connectivity index (χ3v) is 8.14. The standard InChI is InChI=1S/C27H33F3N2O2/c1-19-8-7-11-22(20(19)2)23-18-31-15-12-25(23)13-16-32(17-14-25)24(33)26(34-3,27(28,29)30)21-9-5-4-6-10-21/h4-11,23,31H,12-18H2,1-3H3/t23?,26-/m1/s1. The van der Waals surface area contributed by atoms with Crippen LogP contribution in [-0.4, -0.2) is 50.3 Å². The summed E-state index contributed by atoms with van der Waals surface area (Å²) in [5, 5.41) is 3.51. The van der Waals surface area contributed by atoms with Gasteiger partial charge >= 0.3 is 6.18 Å². The Balaban J connectivity index is 1.62. The van der Waals surface area contributed by atoms with Crippen LogP contribution in [0.25, 0.3) is 0 Å². The number of carbonyl (C=O) groups is 1. The fourth-order valence-electron chi connectivity index (χ4n) is 5.94. The predicted octanol–water partition coefficient (Wildman–Crippen LogP) is 5.09. The van der Waals surface area contributed by atoms with Gasteiger partial charge in [0.1, 0.15) is 0 Å². The molecule has 2 saturated heterocycles. The van der Waals surface area contributed by atoms with Gasteiger partial charge in [0, 0.05) is 38.2 Å². The molecule has 2 heterocycles. The Bertz CT molecular complexity index is 1020. The first-order valence-electron chi connectivity index (χ1n) is 11.9. The summed E-state index contributed by atoms with van der Waals surface area (Å²) in [4.78, 5) is 14.8. The van der Waals surface area contributed by atoms with Gasteiger partial charge in [-0.1, -0.05) is 48.5 Å². The maximum atomic E-state index is 14.4. The predicted molar refractivity (Wildman–Crippen MR) is 126 cm³/mol. The molecule has 2 fully saturated rings. The number of alkyl halides is 3. The summed E-state index contributed by atoms with van der Waals surface area (Å²) in [5.41, 5.74) is 0.585. The van der Waals surface area contributed by atoms with E-state index in [0.29, 0.717) is 12.8 Å². The highest BCUT2D eigenvalue weighted by Crippen LogP contribution is 2.51. The van der Waals surface area contributed by atoms with E-state index in [4.69, 9.17) is 4.74 Å². The molecule has 184 valence electrons. The van der Waals surface area contributed by atoms with Crippen molar-refractivity contribution >= 4 is 5.91 Å². The Morgan fingerprint density at radius 3 is 2.32 bits per heavy atom. The molecular weight excluding hydrogens is 441 g/mol. The summed E-state index contributed by atoms with van der Waals surface area (Å²) >= 11 is 0. The van der Waals surface area contributed by atoms with Gasteiger partial charge in [-0.25, -0.2) is 0 Å². The second-order valence-corrected chi connectivity index (χ2v) is 9.70. The lowest BCUT2D eigenvalue weighted by Crippen LogP contribution is -2.59. The Labute approximate surface area is 199 Å². The number of carbonyl (C=O) groups excluding carboxylic acids is 1. The van der Waals surface area contributed by atoms with Crippen molar-refractivity contribution in [3.8, 4) is 0 Å². The third kappa shape index (κ3) is 4.03. The largest absolute Gasteiger partial charge is 0.430 e. The van der Waals surface area contributed by atoms with Crippen molar-refractivity contribution in [2.75, 3.05) is 33.3 Å². The number of benzene rings is 2. The highest BCUT2D eigenvalue weighted by molar-refractivity contribution is 5.88. The number of hydrogen-bond acceptors (Lipinski definition) is 3. The Hall–Kier alpha value is -2.38. The molecular formula is C27H33F3N2O2. The van der Waals surface area contributed by atoms with E-state index < -0.39 is 17.7 Å². The Morgan fingerprint density at radius 1 is 1.03 bits per heavy atom. The minimum Gasteiger partial charge on any atom is -0.356 e. The SMILES string of the molecule is CO[C@@](C(=O)N1CCC2(CCNCC2c2cccc(C)c2C)CC1)(c1ccccc1)C(F)(F)F. The zero-order chi connectivity index (χ0) is 24.6. The van der Waals surface area contributed by atoms with Crippen LogP contribution in [0.3, 0.4) is 0 Å². The summed E-state index contributed by atoms with van der Waals surface area (Å²) in [7, 11) is 0.965. The van der Waals surface area contributed by atoms with Crippen molar-refractivity contribution in [1.82, 2.24) is 10.2 Å². The van der Waals surface area contributed by atoms with Gasteiger partial charge in [-0.05, 0) is 61.8 Å². The highest BCUT2D eigenvalue weighted by Gasteiger charge is 2.64. The zero-order valence-corrected chi connectivity index (χ0v) is 20.0. The topological polar surface area (TPSA) is 41.6 Å². The first-order chi connectivity index (χ1) is 16.2. The van der Waals surface area contributed by atoms with Gasteiger partial charge < -0.3 is 15.0 Å². The van der Waals surface area contributed by atoms with E-state index in [1.165, 1.54) is 45.9 Å². The number of ether oxygens (including phenoxy) is 1. The van der Waals surface area contributed by atoms with Crippen LogP contribution >= 0.6 is 0 Å². The van der Waals surface area contributed by atoms with E-state index in [2.05, 4.69) is 37.4 Å². The number of halogens is 3. The number of amides is 1. The number of rotatable bonds is 4. The van der Waals surface area contributed by atoms with Crippen molar-refractivity contribution in [2.45, 2.75) is 50.8 Å². The first-order valence-corrected chi connectivity index (χ1v) is 11.9. The Kier molecular flexibility index (Phi) is 6.80. The maximum absolute atomic E-state index is 14.4. The van der Waals surface area contributed by atoms with Crippen molar-refractivity contribution in [3.63, 3.8) is 0 Å². The fourth-order valence-corrected chi connectivity index (χ4v) is 5.94. The van der Waals surface area contributed by atoms with Crippen LogP contribution in [0, 0.1) is 19.3 Å².